The number of methoxy groups -OCH3 is 1. The van der Waals surface area contributed by atoms with E-state index >= 15 is 0 Å². The zero-order valence-corrected chi connectivity index (χ0v) is 31.9. The van der Waals surface area contributed by atoms with Crippen LogP contribution in [0.1, 0.15) is 43.2 Å². The molecule has 3 aromatic rings. The highest BCUT2D eigenvalue weighted by Crippen LogP contribution is 2.36. The maximum absolute atomic E-state index is 12.5. The number of rotatable bonds is 21. The molecule has 1 fully saturated rings. The standard InChI is InChI=1S/C41H45ClN2O13/c1-53-38-21-27(15-19-40(49)56-32-11-6-8-28(20-32)25-55-44(51)52)14-18-37(38)57-41(50)24-43-39(48)13-5-3-2-4-12-33-34(36(47)23-35(33)46)17-16-30(45)26-54-31-10-7-9-29(42)22-31/h2,4,6-11,14-22,30,33-36,45-47H,3,5,12-13,23-26H2,1H3,(H,43,48)/t30-,33-,34-,35+,36-/m1/s1. The first kappa shape index (κ1) is 44.0. The number of carbonyl (C=O) groups is 3. The topological polar surface area (TPSA) is 213 Å². The summed E-state index contributed by atoms with van der Waals surface area (Å²) in [5, 5.41) is 44.0. The van der Waals surface area contributed by atoms with Crippen molar-refractivity contribution in [3.63, 3.8) is 0 Å². The van der Waals surface area contributed by atoms with E-state index < -0.39 is 35.3 Å². The number of aliphatic hydroxyl groups excluding tert-OH is 3. The molecule has 0 aromatic heterocycles. The van der Waals surface area contributed by atoms with Crippen molar-refractivity contribution in [2.24, 2.45) is 11.8 Å². The molecule has 5 atom stereocenters. The maximum atomic E-state index is 12.5. The van der Waals surface area contributed by atoms with E-state index in [2.05, 4.69) is 10.2 Å². The number of nitrogens with zero attached hydrogens (tertiary/aromatic N) is 1. The first-order valence-electron chi connectivity index (χ1n) is 18.1. The largest absolute Gasteiger partial charge is 0.493 e. The van der Waals surface area contributed by atoms with E-state index in [1.807, 2.05) is 12.2 Å². The van der Waals surface area contributed by atoms with Crippen LogP contribution in [0.2, 0.25) is 5.02 Å². The number of esters is 2. The van der Waals surface area contributed by atoms with Gasteiger partial charge in [-0.2, -0.15) is 0 Å². The Morgan fingerprint density at radius 1 is 1.00 bits per heavy atom. The summed E-state index contributed by atoms with van der Waals surface area (Å²) in [6.45, 7) is -0.665. The highest BCUT2D eigenvalue weighted by Gasteiger charge is 2.39. The lowest BCUT2D eigenvalue weighted by Crippen LogP contribution is -2.31. The van der Waals surface area contributed by atoms with Crippen LogP contribution in [0, 0.1) is 22.0 Å². The molecule has 1 aliphatic rings. The molecule has 4 N–H and O–H groups in total. The van der Waals surface area contributed by atoms with Crippen molar-refractivity contribution in [3.05, 3.63) is 123 Å². The fraction of sp³-hybridized carbons (Fsp3) is 0.341. The maximum Gasteiger partial charge on any atom is 0.336 e. The van der Waals surface area contributed by atoms with Gasteiger partial charge in [0, 0.05) is 29.9 Å². The van der Waals surface area contributed by atoms with Crippen LogP contribution >= 0.6 is 11.6 Å². The fourth-order valence-electron chi connectivity index (χ4n) is 5.94. The average molecular weight is 809 g/mol. The van der Waals surface area contributed by atoms with Gasteiger partial charge in [-0.3, -0.25) is 4.79 Å². The van der Waals surface area contributed by atoms with Gasteiger partial charge in [-0.05, 0) is 84.8 Å². The van der Waals surface area contributed by atoms with Crippen LogP contribution in [0.15, 0.2) is 97.1 Å². The van der Waals surface area contributed by atoms with Gasteiger partial charge >= 0.3 is 11.9 Å². The number of unbranched alkanes of at least 4 members (excludes halogenated alkanes) is 1. The van der Waals surface area contributed by atoms with Crippen LogP contribution < -0.4 is 24.3 Å². The van der Waals surface area contributed by atoms with E-state index in [4.69, 9.17) is 30.5 Å². The van der Waals surface area contributed by atoms with Crippen molar-refractivity contribution >= 4 is 35.5 Å². The molecule has 0 saturated heterocycles. The average Bonchev–Trinajstić information content (AvgIpc) is 3.46. The molecule has 15 nitrogen and oxygen atoms in total. The molecule has 3 aromatic carbocycles. The second-order valence-corrected chi connectivity index (χ2v) is 13.4. The number of benzene rings is 3. The van der Waals surface area contributed by atoms with E-state index in [1.54, 1.807) is 54.6 Å². The highest BCUT2D eigenvalue weighted by atomic mass is 35.5. The van der Waals surface area contributed by atoms with E-state index in [0.29, 0.717) is 41.2 Å². The van der Waals surface area contributed by atoms with Gasteiger partial charge in [0.05, 0.1) is 19.3 Å². The minimum absolute atomic E-state index is 0.00101. The Morgan fingerprint density at radius 3 is 2.56 bits per heavy atom. The minimum Gasteiger partial charge on any atom is -0.493 e. The normalized spacial score (nSPS) is 18.4. The van der Waals surface area contributed by atoms with Gasteiger partial charge in [0.2, 0.25) is 5.91 Å². The molecule has 16 heteroatoms. The number of ether oxygens (including phenoxy) is 4. The molecule has 1 saturated carbocycles. The predicted molar refractivity (Wildman–Crippen MR) is 208 cm³/mol. The van der Waals surface area contributed by atoms with E-state index in [9.17, 15) is 39.8 Å². The number of allylic oxidation sites excluding steroid dienone is 2. The van der Waals surface area contributed by atoms with Gasteiger partial charge in [-0.25, -0.2) is 9.59 Å². The molecule has 0 spiro atoms. The smallest absolute Gasteiger partial charge is 0.336 e. The summed E-state index contributed by atoms with van der Waals surface area (Å²) in [5.74, 6) is -1.36. The zero-order chi connectivity index (χ0) is 41.2. The zero-order valence-electron chi connectivity index (χ0n) is 31.1. The molecular weight excluding hydrogens is 764 g/mol. The van der Waals surface area contributed by atoms with E-state index in [0.717, 1.165) is 0 Å². The Labute approximate surface area is 334 Å². The van der Waals surface area contributed by atoms with Crippen molar-refractivity contribution in [1.29, 1.82) is 0 Å². The van der Waals surface area contributed by atoms with Crippen molar-refractivity contribution < 1.29 is 58.6 Å². The molecule has 0 unspecified atom stereocenters. The quantitative estimate of drug-likeness (QED) is 0.0208. The SMILES string of the molecule is COc1cc(C=CC(=O)Oc2cccc(CO[N+](=O)[O-])c2)ccc1OC(=O)CNC(=O)CCCC=CC[C@@H]1[C@@H](C=C[C@@H](O)COc2cccc(Cl)c2)[C@H](O)C[C@@H]1O. The number of halogens is 1. The second kappa shape index (κ2) is 22.7. The monoisotopic (exact) mass is 808 g/mol. The summed E-state index contributed by atoms with van der Waals surface area (Å²) in [4.78, 5) is 51.9. The molecule has 4 rings (SSSR count). The fourth-order valence-corrected chi connectivity index (χ4v) is 6.12. The number of amides is 1. The molecular formula is C41H45ClN2O13. The second-order valence-electron chi connectivity index (χ2n) is 13.0. The Kier molecular flexibility index (Phi) is 17.5. The Hall–Kier alpha value is -5.74. The first-order chi connectivity index (χ1) is 27.4. The number of aliphatic hydroxyl groups is 3. The molecule has 1 amide bonds. The summed E-state index contributed by atoms with van der Waals surface area (Å²) >= 11 is 5.96. The van der Waals surface area contributed by atoms with Crippen LogP contribution in [0.3, 0.4) is 0 Å². The number of hydrogen-bond donors (Lipinski definition) is 4. The summed E-state index contributed by atoms with van der Waals surface area (Å²) in [6, 6.07) is 17.5. The Morgan fingerprint density at radius 2 is 1.79 bits per heavy atom. The summed E-state index contributed by atoms with van der Waals surface area (Å²) in [7, 11) is 1.38. The Bertz CT molecular complexity index is 1920. The third kappa shape index (κ3) is 15.4. The third-order valence-corrected chi connectivity index (χ3v) is 8.98. The summed E-state index contributed by atoms with van der Waals surface area (Å²) in [5.41, 5.74) is 0.969. The van der Waals surface area contributed by atoms with Gasteiger partial charge in [-0.15, -0.1) is 10.1 Å². The third-order valence-electron chi connectivity index (χ3n) is 8.74. The first-order valence-corrected chi connectivity index (χ1v) is 18.5. The molecule has 0 bridgehead atoms. The van der Waals surface area contributed by atoms with Crippen molar-refractivity contribution in [1.82, 2.24) is 5.32 Å². The number of carbonyl (C=O) groups excluding carboxylic acids is 3. The molecule has 0 aliphatic heterocycles. The van der Waals surface area contributed by atoms with Crippen LogP contribution in [0.4, 0.5) is 0 Å². The molecule has 0 radical (unpaired) electrons. The molecule has 1 aliphatic carbocycles. The van der Waals surface area contributed by atoms with E-state index in [-0.39, 0.29) is 67.6 Å². The van der Waals surface area contributed by atoms with Crippen LogP contribution in [0.5, 0.6) is 23.0 Å². The lowest BCUT2D eigenvalue weighted by atomic mass is 9.89. The van der Waals surface area contributed by atoms with Crippen molar-refractivity contribution in [2.75, 3.05) is 20.3 Å². The summed E-state index contributed by atoms with van der Waals surface area (Å²) in [6.07, 6.45) is 9.31. The minimum atomic E-state index is -0.921. The van der Waals surface area contributed by atoms with Gasteiger partial charge in [0.15, 0.2) is 11.5 Å². The van der Waals surface area contributed by atoms with E-state index in [1.165, 1.54) is 43.5 Å². The van der Waals surface area contributed by atoms with Crippen LogP contribution in [-0.4, -0.2) is 76.8 Å². The Balaban J connectivity index is 1.14. The van der Waals surface area contributed by atoms with Crippen LogP contribution in [0.25, 0.3) is 6.08 Å². The number of nitrogens with one attached hydrogen (secondary N) is 1. The van der Waals surface area contributed by atoms with Gasteiger partial charge in [0.1, 0.15) is 37.4 Å². The molecule has 304 valence electrons. The molecule has 0 heterocycles. The van der Waals surface area contributed by atoms with Gasteiger partial charge in [0.25, 0.3) is 5.09 Å². The van der Waals surface area contributed by atoms with Crippen molar-refractivity contribution in [3.8, 4) is 23.0 Å². The lowest BCUT2D eigenvalue weighted by Gasteiger charge is -2.19. The molecule has 57 heavy (non-hydrogen) atoms. The van der Waals surface area contributed by atoms with Crippen molar-refractivity contribution in [2.45, 2.75) is 57.0 Å². The number of hydrogen-bond acceptors (Lipinski definition) is 13. The summed E-state index contributed by atoms with van der Waals surface area (Å²) < 4.78 is 21.5. The predicted octanol–water partition coefficient (Wildman–Crippen LogP) is 5.17. The van der Waals surface area contributed by atoms with Crippen LogP contribution in [-0.2, 0) is 25.8 Å². The highest BCUT2D eigenvalue weighted by molar-refractivity contribution is 6.30. The van der Waals surface area contributed by atoms with Gasteiger partial charge in [-0.1, -0.05) is 60.2 Å². The lowest BCUT2D eigenvalue weighted by molar-refractivity contribution is -0.763. The van der Waals surface area contributed by atoms with Gasteiger partial charge < -0.3 is 44.4 Å².